The third kappa shape index (κ3) is 5.95. The number of halogens is 2. The number of carbonyl (C=O) groups excluding carboxylic acids is 1. The third-order valence-corrected chi connectivity index (χ3v) is 4.47. The van der Waals surface area contributed by atoms with E-state index in [0.717, 1.165) is 11.3 Å². The number of anilines is 1. The first kappa shape index (κ1) is 20.6. The Labute approximate surface area is 171 Å². The lowest BCUT2D eigenvalue weighted by atomic mass is 10.2. The number of amides is 1. The molecular formula is C18H18BrClN2O3S. The monoisotopic (exact) mass is 456 g/mol. The molecule has 0 saturated carbocycles. The fourth-order valence-corrected chi connectivity index (χ4v) is 2.92. The lowest BCUT2D eigenvalue weighted by Crippen LogP contribution is -2.34. The summed E-state index contributed by atoms with van der Waals surface area (Å²) in [7, 11) is 1.60. The van der Waals surface area contributed by atoms with Crippen molar-refractivity contribution in [3.63, 3.8) is 0 Å². The number of hydrogen-bond acceptors (Lipinski definition) is 4. The number of methoxy groups -OCH3 is 1. The van der Waals surface area contributed by atoms with Crippen molar-refractivity contribution in [3.8, 4) is 5.75 Å². The zero-order valence-electron chi connectivity index (χ0n) is 14.3. The Hall–Kier alpha value is -1.67. The fraction of sp³-hybridized carbons (Fsp3) is 0.222. The van der Waals surface area contributed by atoms with Gasteiger partial charge in [-0.2, -0.15) is 0 Å². The molecule has 0 aliphatic heterocycles. The van der Waals surface area contributed by atoms with Gasteiger partial charge in [-0.3, -0.25) is 10.1 Å². The highest BCUT2D eigenvalue weighted by Crippen LogP contribution is 2.26. The Morgan fingerprint density at radius 2 is 2.00 bits per heavy atom. The highest BCUT2D eigenvalue weighted by atomic mass is 79.9. The van der Waals surface area contributed by atoms with Crippen LogP contribution in [0.2, 0.25) is 5.02 Å². The molecule has 2 aromatic carbocycles. The molecule has 0 fully saturated rings. The summed E-state index contributed by atoms with van der Waals surface area (Å²) in [6.07, 6.45) is 0. The van der Waals surface area contributed by atoms with Crippen LogP contribution in [0, 0.1) is 6.92 Å². The second-order valence-corrected chi connectivity index (χ2v) is 7.05. The zero-order valence-corrected chi connectivity index (χ0v) is 17.4. The summed E-state index contributed by atoms with van der Waals surface area (Å²) in [5.41, 5.74) is 2.15. The van der Waals surface area contributed by atoms with Crippen LogP contribution in [-0.4, -0.2) is 31.3 Å². The minimum Gasteiger partial charge on any atom is -0.490 e. The van der Waals surface area contributed by atoms with Crippen molar-refractivity contribution in [2.45, 2.75) is 6.92 Å². The van der Waals surface area contributed by atoms with Gasteiger partial charge in [-0.25, -0.2) is 0 Å². The van der Waals surface area contributed by atoms with E-state index in [1.807, 2.05) is 13.0 Å². The Morgan fingerprint density at radius 3 is 2.69 bits per heavy atom. The highest BCUT2D eigenvalue weighted by Gasteiger charge is 2.12. The maximum absolute atomic E-state index is 12.4. The molecule has 26 heavy (non-hydrogen) atoms. The summed E-state index contributed by atoms with van der Waals surface area (Å²) in [5, 5.41) is 6.40. The van der Waals surface area contributed by atoms with Gasteiger partial charge in [-0.1, -0.05) is 17.7 Å². The van der Waals surface area contributed by atoms with Crippen molar-refractivity contribution >= 4 is 56.5 Å². The minimum atomic E-state index is -0.327. The van der Waals surface area contributed by atoms with Crippen molar-refractivity contribution in [3.05, 3.63) is 57.0 Å². The van der Waals surface area contributed by atoms with E-state index in [-0.39, 0.29) is 11.0 Å². The normalized spacial score (nSPS) is 10.3. The van der Waals surface area contributed by atoms with Crippen LogP contribution >= 0.6 is 39.7 Å². The molecule has 8 heteroatoms. The van der Waals surface area contributed by atoms with Crippen molar-refractivity contribution in [1.29, 1.82) is 0 Å². The van der Waals surface area contributed by atoms with E-state index in [4.69, 9.17) is 33.3 Å². The van der Waals surface area contributed by atoms with Crippen LogP contribution in [0.5, 0.6) is 5.75 Å². The molecule has 0 saturated heterocycles. The number of ether oxygens (including phenoxy) is 2. The lowest BCUT2D eigenvalue weighted by Gasteiger charge is -2.13. The van der Waals surface area contributed by atoms with Gasteiger partial charge in [0.05, 0.1) is 11.1 Å². The maximum atomic E-state index is 12.4. The molecule has 5 nitrogen and oxygen atoms in total. The van der Waals surface area contributed by atoms with E-state index in [0.29, 0.717) is 34.0 Å². The summed E-state index contributed by atoms with van der Waals surface area (Å²) in [5.74, 6) is 0.306. The number of aryl methyl sites for hydroxylation is 1. The second-order valence-electron chi connectivity index (χ2n) is 5.35. The molecule has 0 unspecified atom stereocenters. The van der Waals surface area contributed by atoms with E-state index in [2.05, 4.69) is 26.6 Å². The summed E-state index contributed by atoms with van der Waals surface area (Å²) < 4.78 is 11.2. The van der Waals surface area contributed by atoms with Crippen LogP contribution in [0.3, 0.4) is 0 Å². The van der Waals surface area contributed by atoms with Gasteiger partial charge in [-0.15, -0.1) is 0 Å². The number of nitrogens with one attached hydrogen (secondary N) is 2. The molecule has 0 atom stereocenters. The van der Waals surface area contributed by atoms with Crippen LogP contribution in [-0.2, 0) is 4.74 Å². The van der Waals surface area contributed by atoms with Gasteiger partial charge in [0, 0.05) is 23.4 Å². The topological polar surface area (TPSA) is 59.6 Å². The van der Waals surface area contributed by atoms with Crippen molar-refractivity contribution < 1.29 is 14.3 Å². The van der Waals surface area contributed by atoms with Gasteiger partial charge >= 0.3 is 0 Å². The van der Waals surface area contributed by atoms with Crippen molar-refractivity contribution in [2.75, 3.05) is 25.6 Å². The van der Waals surface area contributed by atoms with Gasteiger partial charge in [0.1, 0.15) is 12.4 Å². The predicted octanol–water partition coefficient (Wildman–Crippen LogP) is 4.56. The second kappa shape index (κ2) is 9.87. The number of rotatable bonds is 6. The van der Waals surface area contributed by atoms with Crippen molar-refractivity contribution in [1.82, 2.24) is 5.32 Å². The number of thiocarbonyl (C=S) groups is 1. The first-order valence-corrected chi connectivity index (χ1v) is 9.28. The average Bonchev–Trinajstić information content (AvgIpc) is 2.59. The smallest absolute Gasteiger partial charge is 0.257 e. The molecule has 2 N–H and O–H groups in total. The summed E-state index contributed by atoms with van der Waals surface area (Å²) in [6, 6.07) is 10.5. The van der Waals surface area contributed by atoms with E-state index >= 15 is 0 Å². The first-order valence-electron chi connectivity index (χ1n) is 7.70. The Balaban J connectivity index is 1.99. The molecule has 2 aromatic rings. The molecule has 2 rings (SSSR count). The van der Waals surface area contributed by atoms with E-state index < -0.39 is 0 Å². The predicted molar refractivity (Wildman–Crippen MR) is 111 cm³/mol. The van der Waals surface area contributed by atoms with E-state index in [9.17, 15) is 4.79 Å². The first-order chi connectivity index (χ1) is 12.4. The zero-order chi connectivity index (χ0) is 19.1. The Bertz CT molecular complexity index is 817. The summed E-state index contributed by atoms with van der Waals surface area (Å²) in [4.78, 5) is 12.4. The number of hydrogen-bond donors (Lipinski definition) is 2. The van der Waals surface area contributed by atoms with Crippen LogP contribution in [0.15, 0.2) is 40.9 Å². The third-order valence-electron chi connectivity index (χ3n) is 3.41. The highest BCUT2D eigenvalue weighted by molar-refractivity contribution is 9.10. The Kier molecular flexibility index (Phi) is 7.84. The van der Waals surface area contributed by atoms with Gasteiger partial charge in [0.15, 0.2) is 5.11 Å². The number of benzene rings is 2. The average molecular weight is 458 g/mol. The Morgan fingerprint density at radius 1 is 1.23 bits per heavy atom. The molecule has 0 aliphatic carbocycles. The van der Waals surface area contributed by atoms with Crippen molar-refractivity contribution in [2.24, 2.45) is 0 Å². The minimum absolute atomic E-state index is 0.192. The molecule has 0 radical (unpaired) electrons. The van der Waals surface area contributed by atoms with Gasteiger partial charge in [0.25, 0.3) is 5.91 Å². The van der Waals surface area contributed by atoms with E-state index in [1.54, 1.807) is 37.4 Å². The molecule has 0 heterocycles. The molecule has 1 amide bonds. The molecule has 0 aromatic heterocycles. The molecular weight excluding hydrogens is 440 g/mol. The standard InChI is InChI=1S/C18H18BrClN2O3S/c1-11-3-5-13(20)10-15(11)21-18(26)22-17(23)12-4-6-16(14(19)9-12)25-8-7-24-2/h3-6,9-10H,7-8H2,1-2H3,(H2,21,22,23,26). The molecule has 0 aliphatic rings. The largest absolute Gasteiger partial charge is 0.490 e. The fourth-order valence-electron chi connectivity index (χ4n) is 2.05. The molecule has 0 bridgehead atoms. The lowest BCUT2D eigenvalue weighted by molar-refractivity contribution is 0.0977. The van der Waals surface area contributed by atoms with Crippen LogP contribution in [0.1, 0.15) is 15.9 Å². The van der Waals surface area contributed by atoms with Gasteiger partial charge in [0.2, 0.25) is 0 Å². The quantitative estimate of drug-likeness (QED) is 0.492. The van der Waals surface area contributed by atoms with E-state index in [1.165, 1.54) is 0 Å². The van der Waals surface area contributed by atoms with Gasteiger partial charge < -0.3 is 14.8 Å². The number of carbonyl (C=O) groups is 1. The SMILES string of the molecule is COCCOc1ccc(C(=O)NC(=S)Nc2cc(Cl)ccc2C)cc1Br. The molecule has 138 valence electrons. The van der Waals surface area contributed by atoms with Crippen LogP contribution < -0.4 is 15.4 Å². The summed E-state index contributed by atoms with van der Waals surface area (Å²) >= 11 is 14.6. The van der Waals surface area contributed by atoms with Gasteiger partial charge in [-0.05, 0) is 71.0 Å². The van der Waals surface area contributed by atoms with Crippen LogP contribution in [0.25, 0.3) is 0 Å². The maximum Gasteiger partial charge on any atom is 0.257 e. The molecule has 0 spiro atoms. The summed E-state index contributed by atoms with van der Waals surface area (Å²) in [6.45, 7) is 2.83. The van der Waals surface area contributed by atoms with Crippen LogP contribution in [0.4, 0.5) is 5.69 Å².